The fourth-order valence-corrected chi connectivity index (χ4v) is 0.938. The second-order valence-electron chi connectivity index (χ2n) is 3.01. The summed E-state index contributed by atoms with van der Waals surface area (Å²) in [7, 11) is 0. The third-order valence-electron chi connectivity index (χ3n) is 1.66. The molecule has 0 saturated carbocycles. The Labute approximate surface area is 101 Å². The van der Waals surface area contributed by atoms with Crippen LogP contribution in [0.2, 0.25) is 0 Å². The first-order valence-corrected chi connectivity index (χ1v) is 5.35. The van der Waals surface area contributed by atoms with E-state index in [1.807, 2.05) is 37.3 Å². The van der Waals surface area contributed by atoms with Gasteiger partial charge in [-0.25, -0.2) is 4.79 Å². The van der Waals surface area contributed by atoms with Gasteiger partial charge in [0.05, 0.1) is 13.2 Å². The van der Waals surface area contributed by atoms with Gasteiger partial charge in [0.15, 0.2) is 0 Å². The number of rotatable bonds is 5. The molecule has 1 rings (SSSR count). The number of aliphatic hydroxyl groups excluding tert-OH is 1. The fourth-order valence-electron chi connectivity index (χ4n) is 0.938. The van der Waals surface area contributed by atoms with E-state index in [9.17, 15) is 4.79 Å². The van der Waals surface area contributed by atoms with E-state index >= 15 is 0 Å². The summed E-state index contributed by atoms with van der Waals surface area (Å²) in [6.07, 6.45) is -0.742. The Morgan fingerprint density at radius 1 is 1.35 bits per heavy atom. The van der Waals surface area contributed by atoms with E-state index in [0.29, 0.717) is 13.2 Å². The molecule has 1 amide bonds. The molecule has 0 atom stereocenters. The summed E-state index contributed by atoms with van der Waals surface area (Å²) in [6.45, 7) is 3.44. The molecule has 0 saturated heterocycles. The van der Waals surface area contributed by atoms with E-state index in [-0.39, 0.29) is 13.2 Å². The first-order chi connectivity index (χ1) is 8.20. The van der Waals surface area contributed by atoms with Crippen LogP contribution in [0.15, 0.2) is 30.3 Å². The molecule has 96 valence electrons. The Morgan fingerprint density at radius 2 is 2.00 bits per heavy atom. The highest BCUT2D eigenvalue weighted by Crippen LogP contribution is 1.99. The molecule has 0 spiro atoms. The first-order valence-electron chi connectivity index (χ1n) is 5.35. The number of ether oxygens (including phenoxy) is 2. The number of primary amides is 1. The van der Waals surface area contributed by atoms with E-state index in [0.717, 1.165) is 5.56 Å². The summed E-state index contributed by atoms with van der Waals surface area (Å²) < 4.78 is 9.30. The number of hydrogen-bond acceptors (Lipinski definition) is 4. The van der Waals surface area contributed by atoms with Crippen molar-refractivity contribution < 1.29 is 19.4 Å². The van der Waals surface area contributed by atoms with Crippen LogP contribution in [0.5, 0.6) is 0 Å². The highest BCUT2D eigenvalue weighted by molar-refractivity contribution is 5.64. The summed E-state index contributed by atoms with van der Waals surface area (Å²) in [5.41, 5.74) is 5.72. The van der Waals surface area contributed by atoms with Crippen molar-refractivity contribution in [3.63, 3.8) is 0 Å². The highest BCUT2D eigenvalue weighted by atomic mass is 16.5. The molecule has 0 aliphatic carbocycles. The fraction of sp³-hybridized carbons (Fsp3) is 0.417. The van der Waals surface area contributed by atoms with Crippen molar-refractivity contribution in [2.75, 3.05) is 19.8 Å². The lowest BCUT2D eigenvalue weighted by Crippen LogP contribution is -2.12. The molecule has 0 aromatic heterocycles. The molecule has 0 unspecified atom stereocenters. The Morgan fingerprint density at radius 3 is 2.41 bits per heavy atom. The molecule has 3 N–H and O–H groups in total. The number of aliphatic hydroxyl groups is 1. The molecule has 17 heavy (non-hydrogen) atoms. The van der Waals surface area contributed by atoms with E-state index < -0.39 is 6.09 Å². The number of carbonyl (C=O) groups is 1. The zero-order chi connectivity index (χ0) is 12.9. The van der Waals surface area contributed by atoms with Gasteiger partial charge in [-0.15, -0.1) is 0 Å². The number of nitrogens with two attached hydrogens (primary N) is 1. The standard InChI is InChI=1S/C8H9NO2.C4H10O2/c9-8(10)11-6-7-4-2-1-3-5-7;1-2-6-4-3-5/h1-5H,6H2,(H2,9,10);5H,2-4H2,1H3. The van der Waals surface area contributed by atoms with Crippen molar-refractivity contribution in [1.29, 1.82) is 0 Å². The maximum atomic E-state index is 10.2. The van der Waals surface area contributed by atoms with Gasteiger partial charge >= 0.3 is 6.09 Å². The quantitative estimate of drug-likeness (QED) is 0.761. The molecule has 1 aromatic carbocycles. The van der Waals surface area contributed by atoms with Gasteiger partial charge in [0.2, 0.25) is 0 Å². The Hall–Kier alpha value is -1.59. The van der Waals surface area contributed by atoms with Gasteiger partial charge in [0.1, 0.15) is 6.61 Å². The van der Waals surface area contributed by atoms with Crippen molar-refractivity contribution in [3.05, 3.63) is 35.9 Å². The Balaban J connectivity index is 0.000000366. The second kappa shape index (κ2) is 10.9. The number of hydrogen-bond donors (Lipinski definition) is 2. The van der Waals surface area contributed by atoms with E-state index in [1.54, 1.807) is 0 Å². The lowest BCUT2D eigenvalue weighted by atomic mass is 10.2. The van der Waals surface area contributed by atoms with Gasteiger partial charge in [-0.2, -0.15) is 0 Å². The van der Waals surface area contributed by atoms with Gasteiger partial charge in [-0.3, -0.25) is 0 Å². The number of benzene rings is 1. The lowest BCUT2D eigenvalue weighted by Gasteiger charge is -1.99. The molecule has 0 radical (unpaired) electrons. The molecule has 0 aliphatic heterocycles. The molecule has 0 heterocycles. The maximum Gasteiger partial charge on any atom is 0.404 e. The summed E-state index contributed by atoms with van der Waals surface area (Å²) in [5, 5.41) is 8.07. The maximum absolute atomic E-state index is 10.2. The first kappa shape index (κ1) is 15.4. The minimum atomic E-state index is -0.742. The van der Waals surface area contributed by atoms with Crippen molar-refractivity contribution in [2.45, 2.75) is 13.5 Å². The largest absolute Gasteiger partial charge is 0.445 e. The average molecular weight is 241 g/mol. The van der Waals surface area contributed by atoms with Crippen LogP contribution in [0.4, 0.5) is 4.79 Å². The van der Waals surface area contributed by atoms with Crippen molar-refractivity contribution in [3.8, 4) is 0 Å². The van der Waals surface area contributed by atoms with E-state index in [2.05, 4.69) is 4.74 Å². The van der Waals surface area contributed by atoms with Crippen LogP contribution < -0.4 is 5.73 Å². The molecule has 5 nitrogen and oxygen atoms in total. The van der Waals surface area contributed by atoms with Gasteiger partial charge in [-0.05, 0) is 12.5 Å². The monoisotopic (exact) mass is 241 g/mol. The van der Waals surface area contributed by atoms with Crippen LogP contribution in [0.3, 0.4) is 0 Å². The minimum Gasteiger partial charge on any atom is -0.445 e. The van der Waals surface area contributed by atoms with Gasteiger partial charge < -0.3 is 20.3 Å². The topological polar surface area (TPSA) is 81.8 Å². The van der Waals surface area contributed by atoms with Gasteiger partial charge in [0.25, 0.3) is 0 Å². The summed E-state index contributed by atoms with van der Waals surface area (Å²) >= 11 is 0. The zero-order valence-corrected chi connectivity index (χ0v) is 9.96. The van der Waals surface area contributed by atoms with E-state index in [1.165, 1.54) is 0 Å². The van der Waals surface area contributed by atoms with Crippen LogP contribution >= 0.6 is 0 Å². The van der Waals surface area contributed by atoms with Crippen LogP contribution in [0, 0.1) is 0 Å². The van der Waals surface area contributed by atoms with Crippen LogP contribution in [0.1, 0.15) is 12.5 Å². The summed E-state index contributed by atoms with van der Waals surface area (Å²) in [5.74, 6) is 0. The Bertz CT molecular complexity index is 286. The molecular formula is C12H19NO4. The van der Waals surface area contributed by atoms with Crippen molar-refractivity contribution in [1.82, 2.24) is 0 Å². The van der Waals surface area contributed by atoms with Gasteiger partial charge in [0, 0.05) is 6.61 Å². The van der Waals surface area contributed by atoms with Crippen LogP contribution in [-0.2, 0) is 16.1 Å². The predicted molar refractivity (Wildman–Crippen MR) is 64.4 cm³/mol. The molecule has 5 heteroatoms. The average Bonchev–Trinajstić information content (AvgIpc) is 2.36. The molecular weight excluding hydrogens is 222 g/mol. The minimum absolute atomic E-state index is 0.133. The van der Waals surface area contributed by atoms with Gasteiger partial charge in [-0.1, -0.05) is 30.3 Å². The highest BCUT2D eigenvalue weighted by Gasteiger charge is 1.93. The smallest absolute Gasteiger partial charge is 0.404 e. The van der Waals surface area contributed by atoms with E-state index in [4.69, 9.17) is 15.6 Å². The molecule has 0 aliphatic rings. The third kappa shape index (κ3) is 10.7. The van der Waals surface area contributed by atoms with Crippen LogP contribution in [-0.4, -0.2) is 31.0 Å². The number of amides is 1. The molecule has 0 fully saturated rings. The normalized spacial score (nSPS) is 9.06. The number of carbonyl (C=O) groups excluding carboxylic acids is 1. The predicted octanol–water partition coefficient (Wildman–Crippen LogP) is 1.30. The van der Waals surface area contributed by atoms with Crippen molar-refractivity contribution >= 4 is 6.09 Å². The zero-order valence-electron chi connectivity index (χ0n) is 9.96. The molecule has 1 aromatic rings. The molecule has 0 bridgehead atoms. The summed E-state index contributed by atoms with van der Waals surface area (Å²) in [4.78, 5) is 10.2. The SMILES string of the molecule is CCOCCO.NC(=O)OCc1ccccc1. The summed E-state index contributed by atoms with van der Waals surface area (Å²) in [6, 6.07) is 9.37. The lowest BCUT2D eigenvalue weighted by molar-refractivity contribution is 0.102. The third-order valence-corrected chi connectivity index (χ3v) is 1.66. The van der Waals surface area contributed by atoms with Crippen LogP contribution in [0.25, 0.3) is 0 Å². The van der Waals surface area contributed by atoms with Crippen molar-refractivity contribution in [2.24, 2.45) is 5.73 Å². The second-order valence-corrected chi connectivity index (χ2v) is 3.01. The Kier molecular flexibility index (Phi) is 9.89.